The van der Waals surface area contributed by atoms with E-state index < -0.39 is 20.9 Å². The molecule has 3 aromatic rings. The summed E-state index contributed by atoms with van der Waals surface area (Å²) in [5.74, 6) is 0.443. The molecule has 0 bridgehead atoms. The normalized spacial score (nSPS) is 14.1. The van der Waals surface area contributed by atoms with Gasteiger partial charge in [-0.15, -0.1) is 0 Å². The molecule has 0 unspecified atom stereocenters. The maximum atomic E-state index is 12.8. The Morgan fingerprint density at radius 1 is 1.05 bits per heavy atom. The Bertz CT molecular complexity index is 1400. The summed E-state index contributed by atoms with van der Waals surface area (Å²) in [5, 5.41) is 21.0. The van der Waals surface area contributed by atoms with E-state index in [9.17, 15) is 28.4 Å². The second-order valence-corrected chi connectivity index (χ2v) is 10.3. The van der Waals surface area contributed by atoms with E-state index in [1.54, 1.807) is 11.8 Å². The summed E-state index contributed by atoms with van der Waals surface area (Å²) >= 11 is 0. The first kappa shape index (κ1) is 26.7. The zero-order chi connectivity index (χ0) is 27.3. The maximum Gasteiger partial charge on any atom is 0.508 e. The molecule has 0 radical (unpaired) electrons. The van der Waals surface area contributed by atoms with E-state index in [-0.39, 0.29) is 51.4 Å². The largest absolute Gasteiger partial charge is 0.508 e. The molecule has 13 heteroatoms. The molecule has 2 heterocycles. The third-order valence-corrected chi connectivity index (χ3v) is 7.58. The van der Waals surface area contributed by atoms with Crippen LogP contribution in [0.2, 0.25) is 0 Å². The number of anilines is 1. The lowest BCUT2D eigenvalue weighted by Crippen LogP contribution is -2.38. The van der Waals surface area contributed by atoms with E-state index in [1.165, 1.54) is 60.7 Å². The van der Waals surface area contributed by atoms with Crippen molar-refractivity contribution in [3.05, 3.63) is 70.8 Å². The van der Waals surface area contributed by atoms with Crippen LogP contribution in [0.5, 0.6) is 17.4 Å². The van der Waals surface area contributed by atoms with Crippen LogP contribution in [0.3, 0.4) is 0 Å². The topological polar surface area (TPSA) is 158 Å². The number of nitro groups is 1. The van der Waals surface area contributed by atoms with Gasteiger partial charge in [-0.1, -0.05) is 0 Å². The molecule has 1 saturated heterocycles. The summed E-state index contributed by atoms with van der Waals surface area (Å²) in [7, 11) is -3.80. The molecule has 0 saturated carbocycles. The van der Waals surface area contributed by atoms with Crippen molar-refractivity contribution in [2.24, 2.45) is 0 Å². The highest BCUT2D eigenvalue weighted by Gasteiger charge is 2.29. The molecule has 38 heavy (non-hydrogen) atoms. The molecule has 2 aromatic carbocycles. The molecule has 1 aliphatic heterocycles. The molecule has 4 rings (SSSR count). The van der Waals surface area contributed by atoms with E-state index in [4.69, 9.17) is 14.2 Å². The number of aromatic hydroxyl groups is 1. The number of hydrogen-bond donors (Lipinski definition) is 1. The summed E-state index contributed by atoms with van der Waals surface area (Å²) in [5.41, 5.74) is -0.197. The lowest BCUT2D eigenvalue weighted by atomic mass is 10.1. The lowest BCUT2D eigenvalue weighted by molar-refractivity contribution is -0.384. The van der Waals surface area contributed by atoms with Crippen molar-refractivity contribution in [3.63, 3.8) is 0 Å². The van der Waals surface area contributed by atoms with Crippen molar-refractivity contribution >= 4 is 27.5 Å². The number of nitrogens with zero attached hydrogens (tertiary/aromatic N) is 3. The number of hydrogen-bond acceptors (Lipinski definition) is 11. The average molecular weight is 544 g/mol. The van der Waals surface area contributed by atoms with E-state index in [1.807, 2.05) is 0 Å². The van der Waals surface area contributed by atoms with Crippen LogP contribution in [0.15, 0.2) is 70.5 Å². The molecule has 1 N–H and O–H groups in total. The van der Waals surface area contributed by atoms with Crippen LogP contribution in [0.25, 0.3) is 0 Å². The van der Waals surface area contributed by atoms with Crippen LogP contribution < -0.4 is 9.64 Å². The summed E-state index contributed by atoms with van der Waals surface area (Å²) in [6, 6.07) is 13.5. The molecular weight excluding hydrogens is 518 g/mol. The van der Waals surface area contributed by atoms with Gasteiger partial charge in [-0.2, -0.15) is 4.98 Å². The number of phenols is 1. The first-order chi connectivity index (χ1) is 18.2. The molecule has 1 aromatic heterocycles. The highest BCUT2D eigenvalue weighted by Crippen LogP contribution is 2.33. The fourth-order valence-corrected chi connectivity index (χ4v) is 5.16. The summed E-state index contributed by atoms with van der Waals surface area (Å²) in [4.78, 5) is 28.8. The van der Waals surface area contributed by atoms with E-state index in [2.05, 4.69) is 4.98 Å². The molecule has 0 aliphatic carbocycles. The van der Waals surface area contributed by atoms with Gasteiger partial charge in [0.05, 0.1) is 21.3 Å². The zero-order valence-electron chi connectivity index (χ0n) is 20.3. The Morgan fingerprint density at radius 3 is 2.24 bits per heavy atom. The van der Waals surface area contributed by atoms with Crippen LogP contribution in [-0.4, -0.2) is 55.4 Å². The van der Waals surface area contributed by atoms with Crippen LogP contribution in [0, 0.1) is 10.1 Å². The van der Waals surface area contributed by atoms with Crippen LogP contribution in [-0.2, 0) is 19.3 Å². The highest BCUT2D eigenvalue weighted by atomic mass is 32.2. The zero-order valence-corrected chi connectivity index (χ0v) is 21.2. The fourth-order valence-electron chi connectivity index (χ4n) is 3.90. The van der Waals surface area contributed by atoms with Gasteiger partial charge >= 0.3 is 11.8 Å². The van der Waals surface area contributed by atoms with E-state index in [0.29, 0.717) is 25.9 Å². The predicted molar refractivity (Wildman–Crippen MR) is 134 cm³/mol. The van der Waals surface area contributed by atoms with Gasteiger partial charge in [0, 0.05) is 38.1 Å². The monoisotopic (exact) mass is 543 g/mol. The van der Waals surface area contributed by atoms with Gasteiger partial charge in [-0.3, -0.25) is 10.1 Å². The van der Waals surface area contributed by atoms with E-state index >= 15 is 0 Å². The third-order valence-electron chi connectivity index (χ3n) is 5.80. The number of carbonyl (C=O) groups is 1. The molecular formula is C25H25N3O9S. The minimum absolute atomic E-state index is 0.0285. The first-order valence-corrected chi connectivity index (χ1v) is 13.2. The molecule has 1 fully saturated rings. The van der Waals surface area contributed by atoms with Gasteiger partial charge in [0.2, 0.25) is 21.5 Å². The highest BCUT2D eigenvalue weighted by molar-refractivity contribution is 7.91. The quantitative estimate of drug-likeness (QED) is 0.243. The molecule has 0 spiro atoms. The second kappa shape index (κ2) is 11.3. The van der Waals surface area contributed by atoms with Gasteiger partial charge in [0.15, 0.2) is 0 Å². The average Bonchev–Trinajstić information content (AvgIpc) is 2.90. The van der Waals surface area contributed by atoms with Crippen molar-refractivity contribution in [2.75, 3.05) is 24.6 Å². The molecule has 200 valence electrons. The number of benzene rings is 2. The van der Waals surface area contributed by atoms with Crippen LogP contribution in [0.4, 0.5) is 16.3 Å². The molecule has 0 amide bonds. The maximum absolute atomic E-state index is 12.8. The Hall–Kier alpha value is -4.39. The van der Waals surface area contributed by atoms with Gasteiger partial charge in [-0.25, -0.2) is 13.2 Å². The number of ether oxygens (including phenoxy) is 3. The van der Waals surface area contributed by atoms with Gasteiger partial charge in [-0.05, 0) is 55.5 Å². The Balaban J connectivity index is 1.48. The lowest BCUT2D eigenvalue weighted by Gasteiger charge is -2.31. The summed E-state index contributed by atoms with van der Waals surface area (Å²) in [6.07, 6.45) is -0.216. The third kappa shape index (κ3) is 6.11. The molecule has 0 atom stereocenters. The van der Waals surface area contributed by atoms with Crippen molar-refractivity contribution in [3.8, 4) is 17.4 Å². The standard InChI is InChI=1S/C25H25N3O9S/c1-2-35-25(30)37-19-13-15-27(16-14-19)24-22(28(31)32)11-12-23(26-24)36-18-5-9-21(10-6-18)38(33,34)20-7-3-17(29)4-8-20/h3-12,19,29H,2,13-16H2,1H3. The Kier molecular flexibility index (Phi) is 7.96. The van der Waals surface area contributed by atoms with Crippen LogP contribution >= 0.6 is 0 Å². The Morgan fingerprint density at radius 2 is 1.66 bits per heavy atom. The van der Waals surface area contributed by atoms with Crippen LogP contribution in [0.1, 0.15) is 19.8 Å². The number of rotatable bonds is 8. The molecule has 12 nitrogen and oxygen atoms in total. The second-order valence-electron chi connectivity index (χ2n) is 8.31. The fraction of sp³-hybridized carbons (Fsp3) is 0.280. The van der Waals surface area contributed by atoms with Crippen molar-refractivity contribution < 1.29 is 37.5 Å². The van der Waals surface area contributed by atoms with Gasteiger partial charge in [0.25, 0.3) is 0 Å². The Labute approximate surface area is 218 Å². The SMILES string of the molecule is CCOC(=O)OC1CCN(c2nc(Oc3ccc(S(=O)(=O)c4ccc(O)cc4)cc3)ccc2[N+](=O)[O-])CC1. The molecule has 1 aliphatic rings. The van der Waals surface area contributed by atoms with Crippen molar-refractivity contribution in [2.45, 2.75) is 35.7 Å². The van der Waals surface area contributed by atoms with Gasteiger partial charge in [0.1, 0.15) is 17.6 Å². The predicted octanol–water partition coefficient (Wildman–Crippen LogP) is 4.46. The first-order valence-electron chi connectivity index (χ1n) is 11.7. The van der Waals surface area contributed by atoms with Gasteiger partial charge < -0.3 is 24.2 Å². The number of sulfone groups is 1. The number of aromatic nitrogens is 1. The number of piperidine rings is 1. The number of pyridine rings is 1. The minimum atomic E-state index is -3.80. The van der Waals surface area contributed by atoms with Crippen molar-refractivity contribution in [1.82, 2.24) is 4.98 Å². The minimum Gasteiger partial charge on any atom is -0.508 e. The number of phenolic OH excluding ortho intramolecular Hbond substituents is 1. The smallest absolute Gasteiger partial charge is 0.508 e. The number of carbonyl (C=O) groups excluding carboxylic acids is 1. The summed E-state index contributed by atoms with van der Waals surface area (Å²) in [6.45, 7) is 2.62. The summed E-state index contributed by atoms with van der Waals surface area (Å²) < 4.78 is 41.4. The van der Waals surface area contributed by atoms with Crippen molar-refractivity contribution in [1.29, 1.82) is 0 Å². The van der Waals surface area contributed by atoms with E-state index in [0.717, 1.165) is 0 Å².